The van der Waals surface area contributed by atoms with E-state index in [9.17, 15) is 14.4 Å². The second kappa shape index (κ2) is 5.04. The Hall–Kier alpha value is -1.77. The molecule has 3 heteroatoms. The fourth-order valence-electron chi connectivity index (χ4n) is 1.69. The van der Waals surface area contributed by atoms with Crippen molar-refractivity contribution < 1.29 is 14.4 Å². The van der Waals surface area contributed by atoms with Crippen molar-refractivity contribution >= 4 is 17.9 Å². The summed E-state index contributed by atoms with van der Waals surface area (Å²) in [6.45, 7) is 4.44. The van der Waals surface area contributed by atoms with Crippen molar-refractivity contribution in [2.24, 2.45) is 5.41 Å². The minimum absolute atomic E-state index is 0.175. The summed E-state index contributed by atoms with van der Waals surface area (Å²) in [5.41, 5.74) is 0.218. The van der Waals surface area contributed by atoms with Crippen molar-refractivity contribution in [2.75, 3.05) is 0 Å². The maximum absolute atomic E-state index is 11.6. The number of carbonyl (C=O) groups excluding carboxylic acids is 3. The lowest BCUT2D eigenvalue weighted by Crippen LogP contribution is -2.35. The molecule has 0 fully saturated rings. The van der Waals surface area contributed by atoms with Gasteiger partial charge in [-0.1, -0.05) is 24.3 Å². The molecule has 0 aliphatic heterocycles. The maximum Gasteiger partial charge on any atom is 0.150 e. The van der Waals surface area contributed by atoms with Crippen LogP contribution >= 0.6 is 0 Å². The average Bonchev–Trinajstić information content (AvgIpc) is 2.29. The zero-order valence-corrected chi connectivity index (χ0v) is 10.3. The summed E-state index contributed by atoms with van der Waals surface area (Å²) < 4.78 is 0. The van der Waals surface area contributed by atoms with Crippen LogP contribution in [0.5, 0.6) is 0 Å². The van der Waals surface area contributed by atoms with Gasteiger partial charge in [-0.15, -0.1) is 0 Å². The molecule has 1 aromatic rings. The molecule has 17 heavy (non-hydrogen) atoms. The summed E-state index contributed by atoms with van der Waals surface area (Å²) in [5.74, 6) is -0.351. The van der Waals surface area contributed by atoms with E-state index in [1.54, 1.807) is 31.2 Å². The van der Waals surface area contributed by atoms with Crippen LogP contribution in [0.15, 0.2) is 24.3 Å². The predicted molar refractivity (Wildman–Crippen MR) is 65.0 cm³/mol. The van der Waals surface area contributed by atoms with Crippen LogP contribution < -0.4 is 0 Å². The highest BCUT2D eigenvalue weighted by molar-refractivity contribution is 6.05. The summed E-state index contributed by atoms with van der Waals surface area (Å²) in [6.07, 6.45) is 1.02. The van der Waals surface area contributed by atoms with Crippen LogP contribution in [-0.2, 0) is 16.0 Å². The molecule has 0 aromatic heterocycles. The third kappa shape index (κ3) is 2.67. The van der Waals surface area contributed by atoms with Gasteiger partial charge in [-0.2, -0.15) is 0 Å². The molecule has 1 rings (SSSR count). The Morgan fingerprint density at radius 1 is 1.18 bits per heavy atom. The van der Waals surface area contributed by atoms with E-state index in [4.69, 9.17) is 0 Å². The lowest BCUT2D eigenvalue weighted by atomic mass is 9.76. The molecule has 3 nitrogen and oxygen atoms in total. The van der Waals surface area contributed by atoms with Gasteiger partial charge < -0.3 is 0 Å². The van der Waals surface area contributed by atoms with E-state index < -0.39 is 5.41 Å². The molecule has 0 aliphatic rings. The van der Waals surface area contributed by atoms with Gasteiger partial charge in [-0.3, -0.25) is 14.4 Å². The van der Waals surface area contributed by atoms with Crippen molar-refractivity contribution in [3.05, 3.63) is 35.4 Å². The number of benzene rings is 1. The van der Waals surface area contributed by atoms with Crippen LogP contribution in [0.2, 0.25) is 0 Å². The second-order valence-electron chi connectivity index (χ2n) is 4.44. The van der Waals surface area contributed by atoms with Gasteiger partial charge in [-0.25, -0.2) is 0 Å². The quantitative estimate of drug-likeness (QED) is 0.577. The molecule has 0 spiro atoms. The van der Waals surface area contributed by atoms with Crippen molar-refractivity contribution in [1.29, 1.82) is 0 Å². The minimum atomic E-state index is -1.04. The fourth-order valence-corrected chi connectivity index (χ4v) is 1.69. The van der Waals surface area contributed by atoms with E-state index in [1.165, 1.54) is 13.8 Å². The molecule has 90 valence electrons. The number of ketones is 2. The number of rotatable bonds is 5. The first-order chi connectivity index (χ1) is 7.91. The Morgan fingerprint density at radius 2 is 1.71 bits per heavy atom. The third-order valence-corrected chi connectivity index (χ3v) is 3.28. The molecule has 1 aromatic carbocycles. The molecule has 0 unspecified atom stereocenters. The van der Waals surface area contributed by atoms with Crippen LogP contribution in [0.3, 0.4) is 0 Å². The summed E-state index contributed by atoms with van der Waals surface area (Å²) in [4.78, 5) is 34.1. The van der Waals surface area contributed by atoms with Crippen molar-refractivity contribution in [2.45, 2.75) is 27.2 Å². The SMILES string of the molecule is CC(=O)C(C)(Cc1ccccc1C=O)C(C)=O. The Kier molecular flexibility index (Phi) is 3.94. The predicted octanol–water partition coefficient (Wildman–Crippen LogP) is 2.23. The fraction of sp³-hybridized carbons (Fsp3) is 0.357. The average molecular weight is 232 g/mol. The first-order valence-electron chi connectivity index (χ1n) is 5.47. The smallest absolute Gasteiger partial charge is 0.150 e. The van der Waals surface area contributed by atoms with E-state index in [2.05, 4.69) is 0 Å². The van der Waals surface area contributed by atoms with Crippen molar-refractivity contribution in [1.82, 2.24) is 0 Å². The van der Waals surface area contributed by atoms with Gasteiger partial charge in [0, 0.05) is 5.56 Å². The molecule has 0 saturated carbocycles. The standard InChI is InChI=1S/C14H16O3/c1-10(16)14(3,11(2)17)8-12-6-4-5-7-13(12)9-15/h4-7,9H,8H2,1-3H3. The molecule has 0 heterocycles. The lowest BCUT2D eigenvalue weighted by molar-refractivity contribution is -0.137. The molecule has 0 bridgehead atoms. The summed E-state index contributed by atoms with van der Waals surface area (Å²) in [5, 5.41) is 0. The monoisotopic (exact) mass is 232 g/mol. The number of carbonyl (C=O) groups is 3. The molecular formula is C14H16O3. The van der Waals surface area contributed by atoms with E-state index >= 15 is 0 Å². The molecule has 0 amide bonds. The number of hydrogen-bond acceptors (Lipinski definition) is 3. The van der Waals surface area contributed by atoms with Crippen molar-refractivity contribution in [3.8, 4) is 0 Å². The van der Waals surface area contributed by atoms with E-state index in [-0.39, 0.29) is 18.0 Å². The lowest BCUT2D eigenvalue weighted by Gasteiger charge is -2.24. The largest absolute Gasteiger partial charge is 0.299 e. The van der Waals surface area contributed by atoms with Gasteiger partial charge in [0.25, 0.3) is 0 Å². The van der Waals surface area contributed by atoms with Crippen LogP contribution in [0, 0.1) is 5.41 Å². The molecule has 0 radical (unpaired) electrons. The molecular weight excluding hydrogens is 216 g/mol. The third-order valence-electron chi connectivity index (χ3n) is 3.28. The number of aldehydes is 1. The topological polar surface area (TPSA) is 51.2 Å². The van der Waals surface area contributed by atoms with Gasteiger partial charge in [0.1, 0.15) is 17.9 Å². The van der Waals surface area contributed by atoms with Gasteiger partial charge >= 0.3 is 0 Å². The van der Waals surface area contributed by atoms with Crippen LogP contribution in [0.1, 0.15) is 36.7 Å². The Balaban J connectivity index is 3.15. The van der Waals surface area contributed by atoms with Gasteiger partial charge in [0.05, 0.1) is 5.41 Å². The zero-order valence-electron chi connectivity index (χ0n) is 10.3. The van der Waals surface area contributed by atoms with Gasteiger partial charge in [-0.05, 0) is 32.8 Å². The highest BCUT2D eigenvalue weighted by Crippen LogP contribution is 2.26. The highest BCUT2D eigenvalue weighted by atomic mass is 16.2. The number of hydrogen-bond donors (Lipinski definition) is 0. The second-order valence-corrected chi connectivity index (χ2v) is 4.44. The van der Waals surface area contributed by atoms with Gasteiger partial charge in [0.15, 0.2) is 0 Å². The van der Waals surface area contributed by atoms with Gasteiger partial charge in [0.2, 0.25) is 0 Å². The first kappa shape index (κ1) is 13.3. The van der Waals surface area contributed by atoms with Crippen LogP contribution in [0.25, 0.3) is 0 Å². The Labute approximate surface area is 101 Å². The van der Waals surface area contributed by atoms with E-state index in [0.717, 1.165) is 11.8 Å². The van der Waals surface area contributed by atoms with E-state index in [1.807, 2.05) is 0 Å². The van der Waals surface area contributed by atoms with Crippen LogP contribution in [0.4, 0.5) is 0 Å². The van der Waals surface area contributed by atoms with E-state index in [0.29, 0.717) is 5.56 Å². The number of Topliss-reactive ketones (excluding diaryl/α,β-unsaturated/α-hetero) is 2. The maximum atomic E-state index is 11.6. The van der Waals surface area contributed by atoms with Crippen molar-refractivity contribution in [3.63, 3.8) is 0 Å². The summed E-state index contributed by atoms with van der Waals surface area (Å²) in [7, 11) is 0. The molecule has 0 saturated heterocycles. The highest BCUT2D eigenvalue weighted by Gasteiger charge is 2.35. The zero-order chi connectivity index (χ0) is 13.1. The first-order valence-corrected chi connectivity index (χ1v) is 5.47. The molecule has 0 aliphatic carbocycles. The molecule has 0 N–H and O–H groups in total. The Bertz CT molecular complexity index is 446. The molecule has 0 atom stereocenters. The summed E-state index contributed by atoms with van der Waals surface area (Å²) >= 11 is 0. The Morgan fingerprint density at radius 3 is 2.18 bits per heavy atom. The minimum Gasteiger partial charge on any atom is -0.299 e. The normalized spacial score (nSPS) is 11.0. The summed E-state index contributed by atoms with van der Waals surface area (Å²) in [6, 6.07) is 7.01. The van der Waals surface area contributed by atoms with Crippen LogP contribution in [-0.4, -0.2) is 17.9 Å².